The fourth-order valence-electron chi connectivity index (χ4n) is 10.3. The van der Waals surface area contributed by atoms with Crippen LogP contribution in [0.25, 0.3) is 0 Å². The molecule has 0 aromatic rings. The molecule has 3 heteroatoms. The maximum Gasteiger partial charge on any atom is 0.171 e. The van der Waals surface area contributed by atoms with E-state index in [1.807, 2.05) is 0 Å². The van der Waals surface area contributed by atoms with Crippen LogP contribution in [0.3, 0.4) is 0 Å². The average Bonchev–Trinajstić information content (AvgIpc) is 3.16. The lowest BCUT2D eigenvalue weighted by molar-refractivity contribution is -0.273. The third kappa shape index (κ3) is 2.61. The summed E-state index contributed by atoms with van der Waals surface area (Å²) in [6.45, 7) is 10.9. The summed E-state index contributed by atoms with van der Waals surface area (Å²) < 4.78 is 13.4. The number of fused-ring (bicyclic) bond motifs is 7. The van der Waals surface area contributed by atoms with Crippen molar-refractivity contribution in [1.29, 1.82) is 0 Å². The Morgan fingerprint density at radius 3 is 2.40 bits per heavy atom. The maximum atomic E-state index is 10.3. The van der Waals surface area contributed by atoms with Crippen LogP contribution in [0.5, 0.6) is 0 Å². The Hall–Kier alpha value is -0.120. The molecule has 1 N–H and O–H groups in total. The van der Waals surface area contributed by atoms with Gasteiger partial charge < -0.3 is 14.6 Å². The van der Waals surface area contributed by atoms with Crippen LogP contribution >= 0.6 is 0 Å². The van der Waals surface area contributed by atoms with E-state index in [-0.39, 0.29) is 11.9 Å². The molecule has 0 aromatic heterocycles. The fraction of sp³-hybridized carbons (Fsp3) is 1.00. The number of ether oxygens (including phenoxy) is 2. The van der Waals surface area contributed by atoms with Gasteiger partial charge in [0.25, 0.3) is 0 Å². The molecule has 4 saturated carbocycles. The van der Waals surface area contributed by atoms with E-state index in [1.54, 1.807) is 0 Å². The van der Waals surface area contributed by atoms with Gasteiger partial charge in [0.05, 0.1) is 18.8 Å². The first-order chi connectivity index (χ1) is 14.3. The van der Waals surface area contributed by atoms with Crippen LogP contribution < -0.4 is 0 Å². The molecule has 0 bridgehead atoms. The molecule has 1 spiro atoms. The molecule has 0 aromatic carbocycles. The Labute approximate surface area is 183 Å². The predicted molar refractivity (Wildman–Crippen MR) is 118 cm³/mol. The van der Waals surface area contributed by atoms with Crippen LogP contribution in [0.15, 0.2) is 0 Å². The molecule has 3 unspecified atom stereocenters. The molecule has 0 amide bonds. The molecule has 4 aliphatic carbocycles. The van der Waals surface area contributed by atoms with Gasteiger partial charge >= 0.3 is 0 Å². The zero-order valence-corrected chi connectivity index (χ0v) is 19.7. The summed E-state index contributed by atoms with van der Waals surface area (Å²) in [5.41, 5.74) is 0.899. The molecule has 0 radical (unpaired) electrons. The highest BCUT2D eigenvalue weighted by molar-refractivity contribution is 5.15. The van der Waals surface area contributed by atoms with Gasteiger partial charge in [-0.25, -0.2) is 0 Å². The second kappa shape index (κ2) is 6.70. The third-order valence-electron chi connectivity index (χ3n) is 11.9. The van der Waals surface area contributed by atoms with E-state index in [0.717, 1.165) is 49.5 Å². The molecule has 2 aliphatic heterocycles. The standard InChI is InChI=1S/C27H44O3/c1-16-7-12-27(29-15-16)17(2)24-23(30-27)14-22-20-6-5-18-13-19(28)8-10-25(18,3)21(20)9-11-26(22,24)4/h16-24,28H,5-15H2,1-4H3/t16?,17-,18?,19?,20+,21-,22-,23-,24-,25-,26-,27+/m0/s1. The van der Waals surface area contributed by atoms with Gasteiger partial charge in [-0.1, -0.05) is 27.7 Å². The highest BCUT2D eigenvalue weighted by Gasteiger charge is 2.69. The topological polar surface area (TPSA) is 38.7 Å². The highest BCUT2D eigenvalue weighted by Crippen LogP contribution is 2.71. The second-order valence-corrected chi connectivity index (χ2v) is 13.1. The Morgan fingerprint density at radius 1 is 0.833 bits per heavy atom. The molecule has 6 aliphatic rings. The van der Waals surface area contributed by atoms with E-state index in [9.17, 15) is 5.11 Å². The van der Waals surface area contributed by atoms with Crippen LogP contribution in [0.4, 0.5) is 0 Å². The molecule has 2 saturated heterocycles. The third-order valence-corrected chi connectivity index (χ3v) is 11.9. The Kier molecular flexibility index (Phi) is 4.58. The van der Waals surface area contributed by atoms with E-state index in [1.165, 1.54) is 44.9 Å². The minimum Gasteiger partial charge on any atom is -0.393 e. The van der Waals surface area contributed by atoms with Crippen molar-refractivity contribution < 1.29 is 14.6 Å². The Bertz CT molecular complexity index is 684. The Balaban J connectivity index is 1.26. The highest BCUT2D eigenvalue weighted by atomic mass is 16.7. The van der Waals surface area contributed by atoms with Crippen molar-refractivity contribution in [3.05, 3.63) is 0 Å². The largest absolute Gasteiger partial charge is 0.393 e. The van der Waals surface area contributed by atoms with Crippen LogP contribution in [0.1, 0.15) is 91.9 Å². The number of aliphatic hydroxyl groups is 1. The molecule has 3 nitrogen and oxygen atoms in total. The molecule has 6 fully saturated rings. The summed E-state index contributed by atoms with van der Waals surface area (Å²) in [6.07, 6.45) is 12.9. The molecular weight excluding hydrogens is 372 g/mol. The monoisotopic (exact) mass is 416 g/mol. The molecule has 170 valence electrons. The summed E-state index contributed by atoms with van der Waals surface area (Å²) in [5, 5.41) is 10.3. The van der Waals surface area contributed by atoms with Gasteiger partial charge in [0.1, 0.15) is 0 Å². The van der Waals surface area contributed by atoms with Gasteiger partial charge in [0, 0.05) is 12.3 Å². The quantitative estimate of drug-likeness (QED) is 0.543. The van der Waals surface area contributed by atoms with Crippen molar-refractivity contribution in [2.75, 3.05) is 6.61 Å². The lowest BCUT2D eigenvalue weighted by atomic mass is 9.44. The van der Waals surface area contributed by atoms with Gasteiger partial charge in [-0.05, 0) is 104 Å². The van der Waals surface area contributed by atoms with Gasteiger partial charge in [0.2, 0.25) is 0 Å². The van der Waals surface area contributed by atoms with Crippen molar-refractivity contribution in [2.24, 2.45) is 52.3 Å². The second-order valence-electron chi connectivity index (χ2n) is 13.1. The molecule has 6 rings (SSSR count). The average molecular weight is 417 g/mol. The van der Waals surface area contributed by atoms with E-state index in [2.05, 4.69) is 27.7 Å². The van der Waals surface area contributed by atoms with Crippen molar-refractivity contribution >= 4 is 0 Å². The molecule has 2 heterocycles. The molecule has 12 atom stereocenters. The minimum atomic E-state index is -0.282. The van der Waals surface area contributed by atoms with Gasteiger partial charge in [-0.3, -0.25) is 0 Å². The van der Waals surface area contributed by atoms with Crippen molar-refractivity contribution in [1.82, 2.24) is 0 Å². The SMILES string of the molecule is CC1CC[C@@]2(OC1)O[C@H]1C[C@H]3[C@@H]4CCC5CC(O)CC[C@]5(C)[C@H]4CC[C@]3(C)[C@H]1[C@@H]2C. The summed E-state index contributed by atoms with van der Waals surface area (Å²) in [6, 6.07) is 0. The zero-order chi connectivity index (χ0) is 20.9. The lowest BCUT2D eigenvalue weighted by Gasteiger charge is -2.61. The number of hydrogen-bond donors (Lipinski definition) is 1. The van der Waals surface area contributed by atoms with Crippen LogP contribution in [0.2, 0.25) is 0 Å². The van der Waals surface area contributed by atoms with Gasteiger partial charge in [0.15, 0.2) is 5.79 Å². The number of aliphatic hydroxyl groups excluding tert-OH is 1. The lowest BCUT2D eigenvalue weighted by Crippen LogP contribution is -2.55. The first kappa shape index (κ1) is 20.5. The summed E-state index contributed by atoms with van der Waals surface area (Å²) in [7, 11) is 0. The van der Waals surface area contributed by atoms with Crippen molar-refractivity contribution in [2.45, 2.75) is 110 Å². The smallest absolute Gasteiger partial charge is 0.171 e. The van der Waals surface area contributed by atoms with E-state index in [4.69, 9.17) is 9.47 Å². The van der Waals surface area contributed by atoms with E-state index >= 15 is 0 Å². The Morgan fingerprint density at radius 2 is 1.63 bits per heavy atom. The zero-order valence-electron chi connectivity index (χ0n) is 19.7. The normalized spacial score (nSPS) is 62.5. The van der Waals surface area contributed by atoms with Crippen LogP contribution in [-0.4, -0.2) is 29.7 Å². The first-order valence-electron chi connectivity index (χ1n) is 13.3. The minimum absolute atomic E-state index is 0.0389. The fourth-order valence-corrected chi connectivity index (χ4v) is 10.3. The van der Waals surface area contributed by atoms with Crippen LogP contribution in [0, 0.1) is 52.3 Å². The maximum absolute atomic E-state index is 10.3. The van der Waals surface area contributed by atoms with E-state index < -0.39 is 0 Å². The van der Waals surface area contributed by atoms with Gasteiger partial charge in [-0.15, -0.1) is 0 Å². The number of rotatable bonds is 0. The van der Waals surface area contributed by atoms with Crippen molar-refractivity contribution in [3.63, 3.8) is 0 Å². The first-order valence-corrected chi connectivity index (χ1v) is 13.3. The van der Waals surface area contributed by atoms with Crippen LogP contribution in [-0.2, 0) is 9.47 Å². The summed E-state index contributed by atoms with van der Waals surface area (Å²) >= 11 is 0. The van der Waals surface area contributed by atoms with E-state index in [0.29, 0.717) is 34.7 Å². The van der Waals surface area contributed by atoms with Crippen molar-refractivity contribution in [3.8, 4) is 0 Å². The van der Waals surface area contributed by atoms with Gasteiger partial charge in [-0.2, -0.15) is 0 Å². The summed E-state index contributed by atoms with van der Waals surface area (Å²) in [5.74, 6) is 4.93. The summed E-state index contributed by atoms with van der Waals surface area (Å²) in [4.78, 5) is 0. The number of hydrogen-bond acceptors (Lipinski definition) is 3. The molecule has 30 heavy (non-hydrogen) atoms. The predicted octanol–water partition coefficient (Wildman–Crippen LogP) is 5.79. The molecular formula is C27H44O3.